The molecule has 19 heavy (non-hydrogen) atoms. The highest BCUT2D eigenvalue weighted by molar-refractivity contribution is 5.36. The molecule has 0 heterocycles. The van der Waals surface area contributed by atoms with Gasteiger partial charge in [-0.15, -0.1) is 0 Å². The number of nitrogens with zero attached hydrogens (tertiary/aromatic N) is 1. The minimum Gasteiger partial charge on any atom is -0.493 e. The third-order valence-electron chi connectivity index (χ3n) is 2.92. The predicted octanol–water partition coefficient (Wildman–Crippen LogP) is 2.82. The van der Waals surface area contributed by atoms with Crippen LogP contribution in [0.25, 0.3) is 0 Å². The molecule has 108 valence electrons. The number of benzene rings is 1. The largest absolute Gasteiger partial charge is 0.493 e. The van der Waals surface area contributed by atoms with Crippen molar-refractivity contribution in [2.45, 2.75) is 39.8 Å². The lowest BCUT2D eigenvalue weighted by molar-refractivity contribution is 0.278. The van der Waals surface area contributed by atoms with Crippen molar-refractivity contribution in [2.75, 3.05) is 27.2 Å². The highest BCUT2D eigenvalue weighted by atomic mass is 16.5. The SMILES string of the molecule is Cc1ccc(OCCCN(C)C)c(CNC(C)C)c1. The molecule has 0 bridgehead atoms. The van der Waals surface area contributed by atoms with Crippen molar-refractivity contribution >= 4 is 0 Å². The van der Waals surface area contributed by atoms with Crippen LogP contribution in [-0.2, 0) is 6.54 Å². The van der Waals surface area contributed by atoms with Crippen molar-refractivity contribution < 1.29 is 4.74 Å². The van der Waals surface area contributed by atoms with Gasteiger partial charge in [0.05, 0.1) is 6.61 Å². The van der Waals surface area contributed by atoms with Crippen molar-refractivity contribution in [1.29, 1.82) is 0 Å². The Morgan fingerprint density at radius 1 is 1.26 bits per heavy atom. The summed E-state index contributed by atoms with van der Waals surface area (Å²) in [6.45, 7) is 9.14. The molecule has 0 aromatic heterocycles. The van der Waals surface area contributed by atoms with Crippen LogP contribution in [0.1, 0.15) is 31.4 Å². The van der Waals surface area contributed by atoms with Crippen LogP contribution in [-0.4, -0.2) is 38.2 Å². The number of hydrogen-bond donors (Lipinski definition) is 1. The zero-order chi connectivity index (χ0) is 14.3. The Hall–Kier alpha value is -1.06. The third-order valence-corrected chi connectivity index (χ3v) is 2.92. The maximum Gasteiger partial charge on any atom is 0.123 e. The third kappa shape index (κ3) is 6.60. The zero-order valence-corrected chi connectivity index (χ0v) is 13.0. The molecule has 0 saturated carbocycles. The molecular formula is C16H28N2O. The number of aryl methyl sites for hydroxylation is 1. The Kier molecular flexibility index (Phi) is 6.89. The van der Waals surface area contributed by atoms with Gasteiger partial charge in [0.1, 0.15) is 5.75 Å². The maximum absolute atomic E-state index is 5.91. The summed E-state index contributed by atoms with van der Waals surface area (Å²) < 4.78 is 5.91. The molecule has 0 fully saturated rings. The first-order chi connectivity index (χ1) is 8.99. The molecule has 0 radical (unpaired) electrons. The van der Waals surface area contributed by atoms with E-state index in [4.69, 9.17) is 4.74 Å². The minimum absolute atomic E-state index is 0.488. The lowest BCUT2D eigenvalue weighted by Gasteiger charge is -2.15. The normalized spacial score (nSPS) is 11.3. The Morgan fingerprint density at radius 3 is 2.63 bits per heavy atom. The molecule has 0 aliphatic carbocycles. The van der Waals surface area contributed by atoms with E-state index in [0.717, 1.165) is 31.9 Å². The van der Waals surface area contributed by atoms with E-state index in [1.54, 1.807) is 0 Å². The van der Waals surface area contributed by atoms with E-state index in [1.165, 1.54) is 11.1 Å². The predicted molar refractivity (Wildman–Crippen MR) is 81.8 cm³/mol. The molecule has 0 spiro atoms. The van der Waals surface area contributed by atoms with Crippen molar-refractivity contribution in [3.05, 3.63) is 29.3 Å². The van der Waals surface area contributed by atoms with Crippen LogP contribution in [0.2, 0.25) is 0 Å². The number of ether oxygens (including phenoxy) is 1. The van der Waals surface area contributed by atoms with Crippen molar-refractivity contribution in [2.24, 2.45) is 0 Å². The van der Waals surface area contributed by atoms with E-state index in [0.29, 0.717) is 6.04 Å². The lowest BCUT2D eigenvalue weighted by Crippen LogP contribution is -2.22. The van der Waals surface area contributed by atoms with Gasteiger partial charge < -0.3 is 15.0 Å². The highest BCUT2D eigenvalue weighted by Crippen LogP contribution is 2.20. The first kappa shape index (κ1) is 16.0. The first-order valence-electron chi connectivity index (χ1n) is 7.09. The summed E-state index contributed by atoms with van der Waals surface area (Å²) in [5.74, 6) is 1.01. The van der Waals surface area contributed by atoms with Gasteiger partial charge in [-0.05, 0) is 33.5 Å². The van der Waals surface area contributed by atoms with E-state index in [2.05, 4.69) is 63.3 Å². The Bertz CT molecular complexity index is 375. The molecule has 3 nitrogen and oxygen atoms in total. The summed E-state index contributed by atoms with van der Waals surface area (Å²) in [7, 11) is 4.17. The average Bonchev–Trinajstić information content (AvgIpc) is 2.33. The summed E-state index contributed by atoms with van der Waals surface area (Å²) in [6.07, 6.45) is 1.05. The fourth-order valence-corrected chi connectivity index (χ4v) is 1.86. The van der Waals surface area contributed by atoms with Crippen molar-refractivity contribution in [1.82, 2.24) is 10.2 Å². The number of hydrogen-bond acceptors (Lipinski definition) is 3. The molecule has 3 heteroatoms. The summed E-state index contributed by atoms with van der Waals surface area (Å²) in [5, 5.41) is 3.45. The zero-order valence-electron chi connectivity index (χ0n) is 13.0. The topological polar surface area (TPSA) is 24.5 Å². The van der Waals surface area contributed by atoms with Gasteiger partial charge in [0.2, 0.25) is 0 Å². The van der Waals surface area contributed by atoms with Crippen LogP contribution in [0.5, 0.6) is 5.75 Å². The van der Waals surface area contributed by atoms with Crippen LogP contribution in [0, 0.1) is 6.92 Å². The number of nitrogens with one attached hydrogen (secondary N) is 1. The number of rotatable bonds is 8. The standard InChI is InChI=1S/C16H28N2O/c1-13(2)17-12-15-11-14(3)7-8-16(15)19-10-6-9-18(4)5/h7-8,11,13,17H,6,9-10,12H2,1-5H3. The van der Waals surface area contributed by atoms with Crippen molar-refractivity contribution in [3.63, 3.8) is 0 Å². The molecule has 0 unspecified atom stereocenters. The fraction of sp³-hybridized carbons (Fsp3) is 0.625. The van der Waals surface area contributed by atoms with Gasteiger partial charge in [0.15, 0.2) is 0 Å². The van der Waals surface area contributed by atoms with Gasteiger partial charge in [-0.25, -0.2) is 0 Å². The quantitative estimate of drug-likeness (QED) is 0.731. The van der Waals surface area contributed by atoms with Crippen LogP contribution >= 0.6 is 0 Å². The van der Waals surface area contributed by atoms with Gasteiger partial charge in [0, 0.05) is 24.7 Å². The molecule has 1 aromatic carbocycles. The van der Waals surface area contributed by atoms with E-state index >= 15 is 0 Å². The fourth-order valence-electron chi connectivity index (χ4n) is 1.86. The van der Waals surface area contributed by atoms with Crippen LogP contribution in [0.3, 0.4) is 0 Å². The van der Waals surface area contributed by atoms with Crippen LogP contribution in [0.4, 0.5) is 0 Å². The van der Waals surface area contributed by atoms with E-state index in [1.807, 2.05) is 0 Å². The highest BCUT2D eigenvalue weighted by Gasteiger charge is 2.05. The van der Waals surface area contributed by atoms with Gasteiger partial charge in [-0.1, -0.05) is 31.5 Å². The summed E-state index contributed by atoms with van der Waals surface area (Å²) in [5.41, 5.74) is 2.53. The van der Waals surface area contributed by atoms with Gasteiger partial charge in [-0.3, -0.25) is 0 Å². The first-order valence-corrected chi connectivity index (χ1v) is 7.09. The molecule has 0 aliphatic heterocycles. The van der Waals surface area contributed by atoms with Crippen molar-refractivity contribution in [3.8, 4) is 5.75 Å². The second-order valence-corrected chi connectivity index (χ2v) is 5.65. The van der Waals surface area contributed by atoms with Gasteiger partial charge in [0.25, 0.3) is 0 Å². The van der Waals surface area contributed by atoms with Crippen LogP contribution < -0.4 is 10.1 Å². The molecule has 0 aliphatic rings. The minimum atomic E-state index is 0.488. The molecule has 1 N–H and O–H groups in total. The second kappa shape index (κ2) is 8.18. The van der Waals surface area contributed by atoms with E-state index in [9.17, 15) is 0 Å². The summed E-state index contributed by atoms with van der Waals surface area (Å²) in [6, 6.07) is 6.89. The summed E-state index contributed by atoms with van der Waals surface area (Å²) >= 11 is 0. The lowest BCUT2D eigenvalue weighted by atomic mass is 10.1. The van der Waals surface area contributed by atoms with E-state index in [-0.39, 0.29) is 0 Å². The molecule has 0 atom stereocenters. The molecule has 1 rings (SSSR count). The monoisotopic (exact) mass is 264 g/mol. The molecular weight excluding hydrogens is 236 g/mol. The smallest absolute Gasteiger partial charge is 0.123 e. The van der Waals surface area contributed by atoms with Gasteiger partial charge in [-0.2, -0.15) is 0 Å². The molecule has 1 aromatic rings. The second-order valence-electron chi connectivity index (χ2n) is 5.65. The van der Waals surface area contributed by atoms with E-state index < -0.39 is 0 Å². The Morgan fingerprint density at radius 2 is 2.00 bits per heavy atom. The van der Waals surface area contributed by atoms with Gasteiger partial charge >= 0.3 is 0 Å². The molecule has 0 saturated heterocycles. The Labute approximate surface area is 118 Å². The average molecular weight is 264 g/mol. The van der Waals surface area contributed by atoms with Crippen LogP contribution in [0.15, 0.2) is 18.2 Å². The molecule has 0 amide bonds. The summed E-state index contributed by atoms with van der Waals surface area (Å²) in [4.78, 5) is 2.18. The maximum atomic E-state index is 5.91. The Balaban J connectivity index is 2.55.